The molecule has 47 heteroatoms. The number of likely N-dealkylation sites (tertiary alicyclic amines) is 1. The van der Waals surface area contributed by atoms with E-state index < -0.39 is 332 Å². The summed E-state index contributed by atoms with van der Waals surface area (Å²) in [5.74, 6) is -28.5. The number of carboxylic acid groups (broad SMARTS) is 9. The first kappa shape index (κ1) is 103. The van der Waals surface area contributed by atoms with Gasteiger partial charge in [-0.05, 0) is 94.6 Å². The van der Waals surface area contributed by atoms with Gasteiger partial charge in [0.2, 0.25) is 76.8 Å². The second kappa shape index (κ2) is 52.9. The van der Waals surface area contributed by atoms with Crippen LogP contribution in [0.25, 0.3) is 0 Å². The third-order valence-corrected chi connectivity index (χ3v) is 18.0. The maximum atomic E-state index is 14.2. The summed E-state index contributed by atoms with van der Waals surface area (Å²) in [6.07, 6.45) is -12.6. The zero-order valence-electron chi connectivity index (χ0n) is 64.9. The topological polar surface area (TPSA) is 740 Å². The summed E-state index contributed by atoms with van der Waals surface area (Å²) in [4.78, 5) is 285. The highest BCUT2D eigenvalue weighted by atomic mass is 32.2. The molecule has 1 rings (SSSR count). The molecule has 652 valence electrons. The molecule has 0 radical (unpaired) electrons. The lowest BCUT2D eigenvalue weighted by molar-refractivity contribution is -0.142. The number of thioether (sulfide) groups is 1. The monoisotopic (exact) mass is 1680 g/mol. The van der Waals surface area contributed by atoms with Crippen LogP contribution in [0.2, 0.25) is 0 Å². The predicted molar refractivity (Wildman–Crippen MR) is 398 cm³/mol. The molecule has 12 atom stereocenters. The fraction of sp³-hybridized carbons (Fsp3) is 0.681. The standard InChI is InChI=1S/C69H108N14O32S/c1-34(2)30-44(60(106)72-31-47(84)82-46(33-116-6)69(3,4)5)81-68(114)45-8-7-28-83(45)48(85)32-115-29-27-71-59(105)36(10-19-50(88)89)74-62(108)38(12-21-52(92)93)76-64(110)40(14-23-54(96)97)78-66(112)42(16-25-56(100)101)80-67(113)43(17-26-57(102)103)79-65(111)41(15-24-55(98)99)77-63(109)39(13-22-53(94)95)75-61(107)37(11-20-51(90)91)73-58(104)35(70)9-18-49(86)87/h34-46H,7-33,70H2,1-6H3,(H,71,105)(H,72,106)(H,73,104)(H,74,108)(H,75,107)(H,76,110)(H,77,109)(H,78,112)(H,79,111)(H,80,113)(H,81,114)(H,82,84)(H,86,87)(H,88,89)(H,90,91)(H,92,93)(H,94,95)(H,96,97)(H,98,99)(H,100,101)(H,102,103)/t35-,36-,37-,38-,39-,40-,41-,42-,43-,44+,45+,46+/m1/s1. The lowest BCUT2D eigenvalue weighted by Crippen LogP contribution is -2.60. The first-order valence-corrected chi connectivity index (χ1v) is 38.2. The van der Waals surface area contributed by atoms with E-state index >= 15 is 0 Å². The van der Waals surface area contributed by atoms with Crippen molar-refractivity contribution < 1.29 is 156 Å². The molecular formula is C69H108N14O32S. The molecule has 13 amide bonds. The molecule has 23 N–H and O–H groups in total. The van der Waals surface area contributed by atoms with Crippen LogP contribution < -0.4 is 69.5 Å². The molecule has 1 saturated heterocycles. The number of hydrogen-bond donors (Lipinski definition) is 22. The summed E-state index contributed by atoms with van der Waals surface area (Å²) in [5, 5.41) is 113. The highest BCUT2D eigenvalue weighted by Gasteiger charge is 2.40. The number of nitrogens with one attached hydrogen (secondary N) is 12. The Morgan fingerprint density at radius 3 is 0.991 bits per heavy atom. The van der Waals surface area contributed by atoms with Gasteiger partial charge in [0.05, 0.1) is 19.2 Å². The van der Waals surface area contributed by atoms with Crippen LogP contribution in [0.4, 0.5) is 0 Å². The maximum absolute atomic E-state index is 14.2. The van der Waals surface area contributed by atoms with E-state index in [1.807, 2.05) is 40.9 Å². The molecule has 1 heterocycles. The van der Waals surface area contributed by atoms with Crippen LogP contribution in [0.15, 0.2) is 0 Å². The minimum absolute atomic E-state index is 0.0993. The fourth-order valence-electron chi connectivity index (χ4n) is 11.0. The van der Waals surface area contributed by atoms with E-state index in [1.54, 1.807) is 0 Å². The molecule has 1 aliphatic heterocycles. The number of ether oxygens (including phenoxy) is 1. The Bertz CT molecular complexity index is 3500. The van der Waals surface area contributed by atoms with Gasteiger partial charge in [-0.25, -0.2) is 0 Å². The number of aliphatic carboxylic acids is 9. The van der Waals surface area contributed by atoms with Crippen LogP contribution in [-0.4, -0.2) is 299 Å². The molecule has 116 heavy (non-hydrogen) atoms. The minimum atomic E-state index is -2.17. The van der Waals surface area contributed by atoms with Crippen LogP contribution in [0.1, 0.15) is 169 Å². The van der Waals surface area contributed by atoms with E-state index in [2.05, 4.69) is 63.8 Å². The Morgan fingerprint density at radius 1 is 0.405 bits per heavy atom. The zero-order chi connectivity index (χ0) is 88.3. The fourth-order valence-corrected chi connectivity index (χ4v) is 11.9. The van der Waals surface area contributed by atoms with Gasteiger partial charge in [-0.2, -0.15) is 11.8 Å². The first-order valence-electron chi connectivity index (χ1n) is 36.8. The summed E-state index contributed by atoms with van der Waals surface area (Å²) in [5.41, 5.74) is 5.45. The predicted octanol–water partition coefficient (Wildman–Crippen LogP) is -5.36. The van der Waals surface area contributed by atoms with Crippen LogP contribution in [0.5, 0.6) is 0 Å². The normalized spacial score (nSPS) is 15.3. The number of carbonyl (C=O) groups is 22. The molecule has 46 nitrogen and oxygen atoms in total. The minimum Gasteiger partial charge on any atom is -0.481 e. The molecule has 0 aromatic rings. The average molecular weight is 1680 g/mol. The second-order valence-corrected chi connectivity index (χ2v) is 29.3. The van der Waals surface area contributed by atoms with E-state index in [4.69, 9.17) is 15.6 Å². The van der Waals surface area contributed by atoms with Gasteiger partial charge in [0.1, 0.15) is 67.0 Å². The number of carbonyl (C=O) groups excluding carboxylic acids is 13. The SMILES string of the molecule is CSC[C@H](NC(=O)CNC(=O)[C@H](CC(C)C)NC(=O)[C@@H]1CCCN1C(=O)COCCNC(=O)[C@@H](CCC(=O)O)NC(=O)[C@@H](CCC(=O)O)NC(=O)[C@@H](CCC(=O)O)NC(=O)[C@@H](CCC(=O)O)NC(=O)[C@@H](CCC(=O)O)NC(=O)[C@@H](CCC(=O)O)NC(=O)[C@@H](CCC(=O)O)NC(=O)[C@@H](CCC(=O)O)NC(=O)[C@H](N)CCC(=O)O)C(C)(C)C. The Labute approximate surface area is 668 Å². The second-order valence-electron chi connectivity index (χ2n) is 28.4. The van der Waals surface area contributed by atoms with Crippen molar-refractivity contribution >= 4 is 142 Å². The molecular weight excluding hydrogens is 1570 g/mol. The van der Waals surface area contributed by atoms with Crippen molar-refractivity contribution in [3.8, 4) is 0 Å². The Kier molecular flexibility index (Phi) is 46.8. The Balaban J connectivity index is 3.53. The lowest BCUT2D eigenvalue weighted by Gasteiger charge is -2.31. The van der Waals surface area contributed by atoms with Crippen LogP contribution in [0.3, 0.4) is 0 Å². The number of nitrogens with zero attached hydrogens (tertiary/aromatic N) is 1. The number of hydrogen-bond acceptors (Lipinski definition) is 25. The number of rotatable bonds is 59. The molecule has 0 saturated carbocycles. The highest BCUT2D eigenvalue weighted by molar-refractivity contribution is 7.98. The molecule has 0 bridgehead atoms. The summed E-state index contributed by atoms with van der Waals surface area (Å²) in [7, 11) is 0. The molecule has 1 fully saturated rings. The van der Waals surface area contributed by atoms with E-state index in [9.17, 15) is 146 Å². The van der Waals surface area contributed by atoms with Gasteiger partial charge in [0.15, 0.2) is 0 Å². The quantitative estimate of drug-likeness (QED) is 0.0253. The molecule has 0 aromatic heterocycles. The average Bonchev–Trinajstić information content (AvgIpc) is 1.63. The van der Waals surface area contributed by atoms with Crippen molar-refractivity contribution in [2.24, 2.45) is 17.1 Å². The third kappa shape index (κ3) is 42.6. The summed E-state index contributed by atoms with van der Waals surface area (Å²) >= 11 is 1.54. The van der Waals surface area contributed by atoms with Gasteiger partial charge in [-0.1, -0.05) is 34.6 Å². The molecule has 0 aliphatic carbocycles. The van der Waals surface area contributed by atoms with Gasteiger partial charge in [-0.3, -0.25) is 105 Å². The first-order chi connectivity index (χ1) is 54.1. The van der Waals surface area contributed by atoms with Gasteiger partial charge >= 0.3 is 53.7 Å². The van der Waals surface area contributed by atoms with Gasteiger partial charge in [-0.15, -0.1) is 0 Å². The molecule has 0 unspecified atom stereocenters. The van der Waals surface area contributed by atoms with Crippen LogP contribution >= 0.6 is 11.8 Å². The largest absolute Gasteiger partial charge is 0.481 e. The van der Waals surface area contributed by atoms with Crippen molar-refractivity contribution in [3.63, 3.8) is 0 Å². The van der Waals surface area contributed by atoms with E-state index in [0.29, 0.717) is 12.2 Å². The summed E-state index contributed by atoms with van der Waals surface area (Å²) in [6, 6.07) is -20.2. The van der Waals surface area contributed by atoms with Crippen LogP contribution in [0, 0.1) is 11.3 Å². The molecule has 0 aromatic carbocycles. The van der Waals surface area contributed by atoms with Crippen molar-refractivity contribution in [2.45, 2.75) is 242 Å². The molecule has 1 aliphatic rings. The summed E-state index contributed by atoms with van der Waals surface area (Å²) in [6.45, 7) is 7.79. The highest BCUT2D eigenvalue weighted by Crippen LogP contribution is 2.23. The van der Waals surface area contributed by atoms with Crippen molar-refractivity contribution in [1.82, 2.24) is 68.7 Å². The number of carboxylic acids is 9. The third-order valence-electron chi connectivity index (χ3n) is 17.4. The van der Waals surface area contributed by atoms with Crippen molar-refractivity contribution in [2.75, 3.05) is 44.9 Å². The van der Waals surface area contributed by atoms with E-state index in [0.717, 1.165) is 0 Å². The number of amides is 13. The zero-order valence-corrected chi connectivity index (χ0v) is 65.8. The smallest absolute Gasteiger partial charge is 0.303 e. The Morgan fingerprint density at radius 2 is 0.698 bits per heavy atom. The van der Waals surface area contributed by atoms with Crippen molar-refractivity contribution in [3.05, 3.63) is 0 Å². The Hall–Kier alpha value is -11.4. The van der Waals surface area contributed by atoms with E-state index in [-0.39, 0.29) is 43.3 Å². The van der Waals surface area contributed by atoms with E-state index in [1.165, 1.54) is 16.7 Å². The van der Waals surface area contributed by atoms with Crippen molar-refractivity contribution in [1.29, 1.82) is 0 Å². The summed E-state index contributed by atoms with van der Waals surface area (Å²) < 4.78 is 5.49. The maximum Gasteiger partial charge on any atom is 0.303 e. The van der Waals surface area contributed by atoms with Gasteiger partial charge in [0, 0.05) is 82.7 Å². The van der Waals surface area contributed by atoms with Gasteiger partial charge in [0.25, 0.3) is 0 Å². The van der Waals surface area contributed by atoms with Gasteiger partial charge < -0.3 is 125 Å². The number of nitrogens with two attached hydrogens (primary N) is 1. The van der Waals surface area contributed by atoms with Crippen LogP contribution in [-0.2, 0) is 110 Å². The molecule has 0 spiro atoms. The lowest BCUT2D eigenvalue weighted by atomic mass is 9.88.